The molecular weight excluding hydrogens is 245 g/mol. The summed E-state index contributed by atoms with van der Waals surface area (Å²) >= 11 is 0. The topological polar surface area (TPSA) is 38.3 Å². The van der Waals surface area contributed by atoms with Gasteiger partial charge in [-0.15, -0.1) is 0 Å². The molecule has 1 aliphatic carbocycles. The number of rotatable bonds is 5. The molecule has 2 rings (SSSR count). The smallest absolute Gasteiger partial charge is 0.261 e. The van der Waals surface area contributed by atoms with Crippen LogP contribution < -0.4 is 10.1 Å². The molecule has 1 atom stereocenters. The lowest BCUT2D eigenvalue weighted by Gasteiger charge is -2.20. The number of carbonyl (C=O) groups is 1. The molecule has 1 fully saturated rings. The molecule has 0 saturated heterocycles. The Morgan fingerprint density at radius 3 is 2.74 bits per heavy atom. The number of carbonyl (C=O) groups excluding carboxylic acids is 1. The van der Waals surface area contributed by atoms with E-state index in [2.05, 4.69) is 5.32 Å². The third-order valence-electron chi connectivity index (χ3n) is 3.47. The van der Waals surface area contributed by atoms with Crippen molar-refractivity contribution >= 4 is 5.91 Å². The number of nitrogens with one attached hydrogen (secondary N) is 1. The van der Waals surface area contributed by atoms with Crippen molar-refractivity contribution in [3.05, 3.63) is 30.1 Å². The Morgan fingerprint density at radius 1 is 1.42 bits per heavy atom. The van der Waals surface area contributed by atoms with Crippen LogP contribution in [0.15, 0.2) is 24.3 Å². The SMILES string of the molecule is CC[C@H](Oc1ccccc1F)C(=O)NC1CCCC1. The summed E-state index contributed by atoms with van der Waals surface area (Å²) in [5.41, 5.74) is 0. The first-order valence-electron chi connectivity index (χ1n) is 6.92. The van der Waals surface area contributed by atoms with Gasteiger partial charge in [-0.1, -0.05) is 31.9 Å². The van der Waals surface area contributed by atoms with E-state index in [9.17, 15) is 9.18 Å². The van der Waals surface area contributed by atoms with Gasteiger partial charge in [-0.05, 0) is 31.4 Å². The van der Waals surface area contributed by atoms with Crippen LogP contribution in [0.3, 0.4) is 0 Å². The highest BCUT2D eigenvalue weighted by Crippen LogP contribution is 2.20. The molecule has 0 radical (unpaired) electrons. The molecule has 1 amide bonds. The number of amides is 1. The van der Waals surface area contributed by atoms with E-state index in [-0.39, 0.29) is 17.7 Å². The molecule has 1 aliphatic rings. The summed E-state index contributed by atoms with van der Waals surface area (Å²) < 4.78 is 19.0. The molecule has 0 aromatic heterocycles. The molecule has 1 N–H and O–H groups in total. The van der Waals surface area contributed by atoms with E-state index in [1.807, 2.05) is 6.92 Å². The maximum Gasteiger partial charge on any atom is 0.261 e. The zero-order valence-electron chi connectivity index (χ0n) is 11.2. The zero-order valence-corrected chi connectivity index (χ0v) is 11.2. The molecular formula is C15H20FNO2. The third-order valence-corrected chi connectivity index (χ3v) is 3.47. The maximum atomic E-state index is 13.5. The standard InChI is InChI=1S/C15H20FNO2/c1-2-13(15(18)17-11-7-3-4-8-11)19-14-10-6-5-9-12(14)16/h5-6,9-11,13H,2-4,7-8H2,1H3,(H,17,18)/t13-/m0/s1. The van der Waals surface area contributed by atoms with Crippen LogP contribution >= 0.6 is 0 Å². The van der Waals surface area contributed by atoms with E-state index in [0.29, 0.717) is 6.42 Å². The van der Waals surface area contributed by atoms with Crippen LogP contribution in [0.2, 0.25) is 0 Å². The van der Waals surface area contributed by atoms with Crippen LogP contribution in [0.25, 0.3) is 0 Å². The number of ether oxygens (including phenoxy) is 1. The fourth-order valence-electron chi connectivity index (χ4n) is 2.38. The van der Waals surface area contributed by atoms with Crippen LogP contribution in [-0.2, 0) is 4.79 Å². The van der Waals surface area contributed by atoms with Gasteiger partial charge in [0.1, 0.15) is 0 Å². The number of hydrogen-bond donors (Lipinski definition) is 1. The van der Waals surface area contributed by atoms with Crippen LogP contribution in [-0.4, -0.2) is 18.1 Å². The minimum atomic E-state index is -0.627. The fraction of sp³-hybridized carbons (Fsp3) is 0.533. The Hall–Kier alpha value is -1.58. The second-order valence-electron chi connectivity index (χ2n) is 4.94. The van der Waals surface area contributed by atoms with E-state index in [0.717, 1.165) is 25.7 Å². The van der Waals surface area contributed by atoms with Crippen molar-refractivity contribution in [2.24, 2.45) is 0 Å². The Balaban J connectivity index is 1.95. The molecule has 1 aromatic rings. The highest BCUT2D eigenvalue weighted by atomic mass is 19.1. The normalized spacial score (nSPS) is 17.2. The van der Waals surface area contributed by atoms with Crippen LogP contribution in [0.1, 0.15) is 39.0 Å². The molecule has 3 nitrogen and oxygen atoms in total. The highest BCUT2D eigenvalue weighted by Gasteiger charge is 2.24. The first kappa shape index (κ1) is 13.8. The minimum absolute atomic E-state index is 0.135. The lowest BCUT2D eigenvalue weighted by molar-refractivity contribution is -0.128. The summed E-state index contributed by atoms with van der Waals surface area (Å²) in [6, 6.07) is 6.42. The molecule has 1 aromatic carbocycles. The van der Waals surface area contributed by atoms with E-state index in [4.69, 9.17) is 4.74 Å². The van der Waals surface area contributed by atoms with Gasteiger partial charge < -0.3 is 10.1 Å². The number of para-hydroxylation sites is 1. The third kappa shape index (κ3) is 3.69. The van der Waals surface area contributed by atoms with E-state index in [1.165, 1.54) is 6.07 Å². The van der Waals surface area contributed by atoms with Crippen molar-refractivity contribution in [2.45, 2.75) is 51.2 Å². The van der Waals surface area contributed by atoms with Gasteiger partial charge in [0, 0.05) is 6.04 Å². The van der Waals surface area contributed by atoms with Crippen LogP contribution in [0.4, 0.5) is 4.39 Å². The van der Waals surface area contributed by atoms with Gasteiger partial charge in [-0.2, -0.15) is 0 Å². The van der Waals surface area contributed by atoms with E-state index in [1.54, 1.807) is 18.2 Å². The number of benzene rings is 1. The summed E-state index contributed by atoms with van der Waals surface area (Å²) in [6.07, 6.45) is 4.28. The van der Waals surface area contributed by atoms with Crippen molar-refractivity contribution < 1.29 is 13.9 Å². The van der Waals surface area contributed by atoms with Crippen molar-refractivity contribution in [1.29, 1.82) is 0 Å². The van der Waals surface area contributed by atoms with Crippen molar-refractivity contribution in [3.8, 4) is 5.75 Å². The van der Waals surface area contributed by atoms with Gasteiger partial charge in [-0.25, -0.2) is 4.39 Å². The molecule has 4 heteroatoms. The number of halogens is 1. The summed E-state index contributed by atoms with van der Waals surface area (Å²) in [6.45, 7) is 1.86. The van der Waals surface area contributed by atoms with Gasteiger partial charge in [0.15, 0.2) is 17.7 Å². The summed E-state index contributed by atoms with van der Waals surface area (Å²) in [5, 5.41) is 2.98. The molecule has 0 aliphatic heterocycles. The Morgan fingerprint density at radius 2 is 2.11 bits per heavy atom. The van der Waals surface area contributed by atoms with Gasteiger partial charge in [0.2, 0.25) is 0 Å². The van der Waals surface area contributed by atoms with Gasteiger partial charge in [0.25, 0.3) is 5.91 Å². The molecule has 0 spiro atoms. The van der Waals surface area contributed by atoms with Crippen molar-refractivity contribution in [3.63, 3.8) is 0 Å². The van der Waals surface area contributed by atoms with Crippen molar-refractivity contribution in [2.75, 3.05) is 0 Å². The molecule has 19 heavy (non-hydrogen) atoms. The average molecular weight is 265 g/mol. The molecule has 0 unspecified atom stereocenters. The number of hydrogen-bond acceptors (Lipinski definition) is 2. The largest absolute Gasteiger partial charge is 0.478 e. The molecule has 1 saturated carbocycles. The fourth-order valence-corrected chi connectivity index (χ4v) is 2.38. The van der Waals surface area contributed by atoms with Crippen molar-refractivity contribution in [1.82, 2.24) is 5.32 Å². The van der Waals surface area contributed by atoms with E-state index >= 15 is 0 Å². The summed E-state index contributed by atoms with van der Waals surface area (Å²) in [4.78, 5) is 12.1. The maximum absolute atomic E-state index is 13.5. The second kappa shape index (κ2) is 6.55. The Labute approximate surface area is 113 Å². The zero-order chi connectivity index (χ0) is 13.7. The predicted molar refractivity (Wildman–Crippen MR) is 71.5 cm³/mol. The summed E-state index contributed by atoms with van der Waals surface area (Å²) in [5.74, 6) is -0.441. The van der Waals surface area contributed by atoms with Gasteiger partial charge in [-0.3, -0.25) is 4.79 Å². The Bertz CT molecular complexity index is 430. The van der Waals surface area contributed by atoms with Crippen LogP contribution in [0, 0.1) is 5.82 Å². The molecule has 0 bridgehead atoms. The lowest BCUT2D eigenvalue weighted by atomic mass is 10.2. The van der Waals surface area contributed by atoms with Gasteiger partial charge in [0.05, 0.1) is 0 Å². The second-order valence-corrected chi connectivity index (χ2v) is 4.94. The first-order valence-corrected chi connectivity index (χ1v) is 6.92. The highest BCUT2D eigenvalue weighted by molar-refractivity contribution is 5.81. The summed E-state index contributed by atoms with van der Waals surface area (Å²) in [7, 11) is 0. The molecule has 0 heterocycles. The lowest BCUT2D eigenvalue weighted by Crippen LogP contribution is -2.42. The van der Waals surface area contributed by atoms with Gasteiger partial charge >= 0.3 is 0 Å². The Kier molecular flexibility index (Phi) is 4.77. The average Bonchev–Trinajstić information content (AvgIpc) is 2.90. The van der Waals surface area contributed by atoms with E-state index < -0.39 is 11.9 Å². The monoisotopic (exact) mass is 265 g/mol. The quantitative estimate of drug-likeness (QED) is 0.888. The predicted octanol–water partition coefficient (Wildman–Crippen LogP) is 3.04. The molecule has 104 valence electrons. The minimum Gasteiger partial charge on any atom is -0.478 e. The first-order chi connectivity index (χ1) is 9.20. The van der Waals surface area contributed by atoms with Crippen LogP contribution in [0.5, 0.6) is 5.75 Å².